The van der Waals surface area contributed by atoms with Crippen molar-refractivity contribution in [1.82, 2.24) is 19.7 Å². The number of anilines is 4. The summed E-state index contributed by atoms with van der Waals surface area (Å²) in [6, 6.07) is 11.5. The number of nitrogens with zero attached hydrogens (tertiary/aromatic N) is 6. The molecule has 1 saturated heterocycles. The van der Waals surface area contributed by atoms with Crippen LogP contribution in [0.4, 0.5) is 32.7 Å². The van der Waals surface area contributed by atoms with Gasteiger partial charge < -0.3 is 24.4 Å². The number of aryl methyl sites for hydroxylation is 1. The number of rotatable bonds is 5. The minimum Gasteiger partial charge on any atom is -0.443 e. The third-order valence-electron chi connectivity index (χ3n) is 10.3. The van der Waals surface area contributed by atoms with Crippen LogP contribution in [-0.4, -0.2) is 75.3 Å². The number of carbonyl (C=O) groups excluding carboxylic acids is 3. The van der Waals surface area contributed by atoms with E-state index in [1.807, 2.05) is 71.0 Å². The van der Waals surface area contributed by atoms with Crippen molar-refractivity contribution < 1.29 is 28.6 Å². The molecular weight excluding hydrogens is 674 g/mol. The smallest absolute Gasteiger partial charge is 0.435 e. The zero-order valence-corrected chi connectivity index (χ0v) is 31.7. The molecule has 0 bridgehead atoms. The molecule has 4 aliphatic rings. The fourth-order valence-corrected chi connectivity index (χ4v) is 7.56. The number of carbonyl (C=O) groups is 3. The van der Waals surface area contributed by atoms with Gasteiger partial charge in [-0.25, -0.2) is 24.5 Å². The van der Waals surface area contributed by atoms with Gasteiger partial charge in [0, 0.05) is 35.9 Å². The van der Waals surface area contributed by atoms with Crippen molar-refractivity contribution in [3.05, 3.63) is 64.5 Å². The Kier molecular flexibility index (Phi) is 8.10. The second-order valence-corrected chi connectivity index (χ2v) is 16.8. The van der Waals surface area contributed by atoms with Gasteiger partial charge in [-0.1, -0.05) is 23.8 Å². The summed E-state index contributed by atoms with van der Waals surface area (Å²) in [5.74, 6) is 2.53. The Labute approximate surface area is 309 Å². The van der Waals surface area contributed by atoms with Crippen LogP contribution in [0.2, 0.25) is 0 Å². The molecule has 53 heavy (non-hydrogen) atoms. The number of aromatic nitrogens is 4. The molecular formula is C40H47N7O6. The number of imide groups is 1. The molecule has 2 aromatic carbocycles. The van der Waals surface area contributed by atoms with E-state index in [1.165, 1.54) is 9.58 Å². The lowest BCUT2D eigenvalue weighted by atomic mass is 9.91. The molecule has 1 spiro atoms. The highest BCUT2D eigenvalue weighted by atomic mass is 16.6. The summed E-state index contributed by atoms with van der Waals surface area (Å²) < 4.78 is 18.4. The summed E-state index contributed by atoms with van der Waals surface area (Å²) in [6.07, 6.45) is 1.29. The molecule has 8 rings (SSSR count). The molecule has 2 aliphatic heterocycles. The first-order valence-corrected chi connectivity index (χ1v) is 18.5. The molecule has 0 radical (unpaired) electrons. The highest BCUT2D eigenvalue weighted by Gasteiger charge is 2.68. The van der Waals surface area contributed by atoms with E-state index >= 15 is 0 Å². The van der Waals surface area contributed by atoms with Crippen molar-refractivity contribution in [2.75, 3.05) is 41.4 Å². The minimum absolute atomic E-state index is 0.243. The number of hydrogen-bond acceptors (Lipinski definition) is 11. The lowest BCUT2D eigenvalue weighted by Crippen LogP contribution is -2.41. The molecule has 0 unspecified atom stereocenters. The number of morpholine rings is 1. The Bertz CT molecular complexity index is 2170. The van der Waals surface area contributed by atoms with Crippen LogP contribution >= 0.6 is 0 Å². The Hall–Kier alpha value is -5.04. The first kappa shape index (κ1) is 35.0. The van der Waals surface area contributed by atoms with Gasteiger partial charge >= 0.3 is 12.2 Å². The Balaban J connectivity index is 1.19. The maximum atomic E-state index is 14.3. The number of nitrogens with one attached hydrogen (secondary N) is 1. The monoisotopic (exact) mass is 721 g/mol. The Morgan fingerprint density at radius 3 is 2.28 bits per heavy atom. The van der Waals surface area contributed by atoms with Crippen LogP contribution in [0.3, 0.4) is 0 Å². The molecule has 4 heterocycles. The normalized spacial score (nSPS) is 21.3. The van der Waals surface area contributed by atoms with Crippen molar-refractivity contribution in [3.63, 3.8) is 0 Å². The predicted octanol–water partition coefficient (Wildman–Crippen LogP) is 7.39. The Morgan fingerprint density at radius 1 is 0.906 bits per heavy atom. The lowest BCUT2D eigenvalue weighted by Gasteiger charge is -2.29. The van der Waals surface area contributed by atoms with Gasteiger partial charge in [0.15, 0.2) is 5.82 Å². The maximum Gasteiger partial charge on any atom is 0.435 e. The van der Waals surface area contributed by atoms with Gasteiger partial charge in [0.25, 0.3) is 0 Å². The van der Waals surface area contributed by atoms with Crippen molar-refractivity contribution in [2.45, 2.75) is 103 Å². The summed E-state index contributed by atoms with van der Waals surface area (Å²) in [4.78, 5) is 54.9. The van der Waals surface area contributed by atoms with Gasteiger partial charge in [-0.15, -0.1) is 5.10 Å². The molecule has 2 amide bonds. The third kappa shape index (κ3) is 6.28. The standard InChI is InChI=1S/C40H47N7O6/c1-22-9-14-29-27(19-22)40(35(48)46(29)36(49)52-38(3,4)5)21-28(40)25-12-13-26-30(20-25)47(37(50)53-39(6,7)8)44-33(26)42-31-23(2)34(45-15-17-51-18-16-45)43-32(41-31)24-10-11-24/h9,12-14,19-20,24,28H,10-11,15-18,21H2,1-8H3,(H,41,42,43,44)/t28-,40-/m0/s1. The second kappa shape index (κ2) is 12.3. The van der Waals surface area contributed by atoms with Gasteiger partial charge in [0.1, 0.15) is 28.7 Å². The molecule has 278 valence electrons. The van der Waals surface area contributed by atoms with Gasteiger partial charge in [-0.2, -0.15) is 4.68 Å². The van der Waals surface area contributed by atoms with Gasteiger partial charge in [-0.3, -0.25) is 4.79 Å². The van der Waals surface area contributed by atoms with E-state index in [0.717, 1.165) is 59.8 Å². The average Bonchev–Trinajstić information content (AvgIpc) is 4.01. The topological polar surface area (TPSA) is 141 Å². The van der Waals surface area contributed by atoms with Gasteiger partial charge in [0.05, 0.1) is 29.8 Å². The first-order chi connectivity index (χ1) is 25.0. The first-order valence-electron chi connectivity index (χ1n) is 18.5. The zero-order valence-electron chi connectivity index (χ0n) is 31.7. The van der Waals surface area contributed by atoms with Crippen LogP contribution < -0.4 is 15.1 Å². The SMILES string of the molecule is Cc1ccc2c(c1)[C@]1(C[C@H]1c1ccc3c(Nc4nc(C5CC5)nc(N5CCOCC5)c4C)nn(C(=O)OC(C)(C)C)c3c1)C(=O)N2C(=O)OC(C)(C)C. The van der Waals surface area contributed by atoms with Crippen LogP contribution in [0.1, 0.15) is 101 Å². The number of fused-ring (bicyclic) bond motifs is 3. The van der Waals surface area contributed by atoms with Gasteiger partial charge in [-0.05, 0) is 104 Å². The van der Waals surface area contributed by atoms with Crippen LogP contribution in [-0.2, 0) is 24.4 Å². The van der Waals surface area contributed by atoms with E-state index in [1.54, 1.807) is 20.8 Å². The molecule has 2 saturated carbocycles. The van der Waals surface area contributed by atoms with Crippen LogP contribution in [0, 0.1) is 13.8 Å². The van der Waals surface area contributed by atoms with Crippen molar-refractivity contribution in [1.29, 1.82) is 0 Å². The maximum absolute atomic E-state index is 14.3. The minimum atomic E-state index is -0.934. The van der Waals surface area contributed by atoms with E-state index in [0.29, 0.717) is 53.8 Å². The number of benzene rings is 2. The van der Waals surface area contributed by atoms with E-state index in [9.17, 15) is 14.4 Å². The van der Waals surface area contributed by atoms with E-state index in [2.05, 4.69) is 10.2 Å². The van der Waals surface area contributed by atoms with Crippen molar-refractivity contribution in [2.24, 2.45) is 0 Å². The number of hydrogen-bond donors (Lipinski definition) is 1. The third-order valence-corrected chi connectivity index (χ3v) is 10.3. The molecule has 4 aromatic rings. The van der Waals surface area contributed by atoms with Crippen molar-refractivity contribution >= 4 is 52.1 Å². The van der Waals surface area contributed by atoms with Crippen LogP contribution in [0.5, 0.6) is 0 Å². The van der Waals surface area contributed by atoms with E-state index in [4.69, 9.17) is 29.3 Å². The summed E-state index contributed by atoms with van der Waals surface area (Å²) in [5.41, 5.74) is 2.14. The molecule has 13 nitrogen and oxygen atoms in total. The zero-order chi connectivity index (χ0) is 37.6. The Morgan fingerprint density at radius 2 is 1.60 bits per heavy atom. The summed E-state index contributed by atoms with van der Waals surface area (Å²) in [6.45, 7) is 17.5. The highest BCUT2D eigenvalue weighted by molar-refractivity contribution is 6.23. The van der Waals surface area contributed by atoms with Crippen LogP contribution in [0.15, 0.2) is 36.4 Å². The summed E-state index contributed by atoms with van der Waals surface area (Å²) >= 11 is 0. The lowest BCUT2D eigenvalue weighted by molar-refractivity contribution is -0.120. The van der Waals surface area contributed by atoms with E-state index in [-0.39, 0.29) is 11.8 Å². The highest BCUT2D eigenvalue weighted by Crippen LogP contribution is 2.66. The molecule has 13 heteroatoms. The molecule has 3 fully saturated rings. The second-order valence-electron chi connectivity index (χ2n) is 16.8. The fraction of sp³-hybridized carbons (Fsp3) is 0.500. The number of amides is 2. The molecule has 2 atom stereocenters. The van der Waals surface area contributed by atoms with Crippen LogP contribution in [0.25, 0.3) is 10.9 Å². The molecule has 1 N–H and O–H groups in total. The van der Waals surface area contributed by atoms with Gasteiger partial charge in [0.2, 0.25) is 5.91 Å². The molecule has 2 aromatic heterocycles. The quantitative estimate of drug-likeness (QED) is 0.221. The summed E-state index contributed by atoms with van der Waals surface area (Å²) in [7, 11) is 0. The fourth-order valence-electron chi connectivity index (χ4n) is 7.56. The average molecular weight is 722 g/mol. The number of ether oxygens (including phenoxy) is 3. The largest absolute Gasteiger partial charge is 0.443 e. The summed E-state index contributed by atoms with van der Waals surface area (Å²) in [5, 5.41) is 8.95. The predicted molar refractivity (Wildman–Crippen MR) is 200 cm³/mol. The van der Waals surface area contributed by atoms with Crippen molar-refractivity contribution in [3.8, 4) is 0 Å². The van der Waals surface area contributed by atoms with E-state index < -0.39 is 28.8 Å². The molecule has 2 aliphatic carbocycles.